The molecule has 0 saturated carbocycles. The zero-order valence-corrected chi connectivity index (χ0v) is 15.2. The number of carbonyl (C=O) groups is 2. The van der Waals surface area contributed by atoms with Crippen LogP contribution in [-0.2, 0) is 0 Å². The van der Waals surface area contributed by atoms with Crippen molar-refractivity contribution < 1.29 is 14.3 Å². The molecule has 1 saturated heterocycles. The van der Waals surface area contributed by atoms with Crippen molar-refractivity contribution in [3.8, 4) is 5.75 Å². The van der Waals surface area contributed by atoms with Crippen LogP contribution in [0.1, 0.15) is 51.1 Å². The highest BCUT2D eigenvalue weighted by Crippen LogP contribution is 2.41. The van der Waals surface area contributed by atoms with Crippen LogP contribution >= 0.6 is 0 Å². The number of ether oxygens (including phenoxy) is 1. The van der Waals surface area contributed by atoms with Gasteiger partial charge in [0.15, 0.2) is 5.78 Å². The van der Waals surface area contributed by atoms with Gasteiger partial charge < -0.3 is 9.64 Å². The van der Waals surface area contributed by atoms with E-state index < -0.39 is 5.60 Å². The van der Waals surface area contributed by atoms with E-state index in [-0.39, 0.29) is 11.7 Å². The van der Waals surface area contributed by atoms with Crippen LogP contribution in [0.4, 0.5) is 0 Å². The molecule has 4 nitrogen and oxygen atoms in total. The molecule has 0 radical (unpaired) electrons. The Morgan fingerprint density at radius 1 is 1.08 bits per heavy atom. The number of rotatable bonds is 1. The summed E-state index contributed by atoms with van der Waals surface area (Å²) in [6.07, 6.45) is 1.77. The number of fused-ring (bicyclic) bond motifs is 1. The maximum Gasteiger partial charge on any atom is 0.253 e. The van der Waals surface area contributed by atoms with Crippen molar-refractivity contribution in [1.82, 2.24) is 4.90 Å². The molecule has 0 unspecified atom stereocenters. The molecule has 0 bridgehead atoms. The third kappa shape index (κ3) is 2.90. The van der Waals surface area contributed by atoms with E-state index in [4.69, 9.17) is 4.74 Å². The normalized spacial score (nSPS) is 18.4. The highest BCUT2D eigenvalue weighted by molar-refractivity contribution is 6.01. The fraction of sp³-hybridized carbons (Fsp3) is 0.364. The first-order valence-corrected chi connectivity index (χ1v) is 9.15. The van der Waals surface area contributed by atoms with Crippen LogP contribution in [-0.4, -0.2) is 35.3 Å². The first-order valence-electron chi connectivity index (χ1n) is 9.15. The molecule has 4 rings (SSSR count). The van der Waals surface area contributed by atoms with Gasteiger partial charge in [0.05, 0.1) is 12.0 Å². The molecule has 0 aromatic heterocycles. The lowest BCUT2D eigenvalue weighted by Gasteiger charge is -2.44. The van der Waals surface area contributed by atoms with Gasteiger partial charge in [0.25, 0.3) is 5.91 Å². The first kappa shape index (κ1) is 16.8. The number of Topliss-reactive ketones (excluding diaryl/α,β-unsaturated/α-hetero) is 1. The van der Waals surface area contributed by atoms with E-state index in [1.54, 1.807) is 0 Å². The lowest BCUT2D eigenvalue weighted by Crippen LogP contribution is -2.52. The number of piperidine rings is 1. The van der Waals surface area contributed by atoms with Crippen LogP contribution < -0.4 is 4.74 Å². The quantitative estimate of drug-likeness (QED) is 0.783. The highest BCUT2D eigenvalue weighted by Gasteiger charge is 2.44. The Kier molecular flexibility index (Phi) is 4.06. The van der Waals surface area contributed by atoms with Crippen molar-refractivity contribution in [3.05, 3.63) is 64.7 Å². The minimum atomic E-state index is -0.475. The molecule has 1 fully saturated rings. The van der Waals surface area contributed by atoms with E-state index in [0.29, 0.717) is 43.5 Å². The van der Waals surface area contributed by atoms with Crippen molar-refractivity contribution in [2.75, 3.05) is 13.1 Å². The predicted octanol–water partition coefficient (Wildman–Crippen LogP) is 3.94. The molecule has 0 atom stereocenters. The molecule has 0 N–H and O–H groups in total. The average Bonchev–Trinajstić information content (AvgIpc) is 2.64. The van der Waals surface area contributed by atoms with E-state index in [0.717, 1.165) is 16.9 Å². The van der Waals surface area contributed by atoms with Gasteiger partial charge in [0.2, 0.25) is 0 Å². The number of hydrogen-bond donors (Lipinski definition) is 0. The monoisotopic (exact) mass is 349 g/mol. The lowest BCUT2D eigenvalue weighted by molar-refractivity contribution is -0.00619. The molecule has 1 amide bonds. The molecular weight excluding hydrogens is 326 g/mol. The molecule has 1 spiro atoms. The van der Waals surface area contributed by atoms with E-state index in [1.165, 1.54) is 0 Å². The number of carbonyl (C=O) groups excluding carboxylic acids is 2. The highest BCUT2D eigenvalue weighted by atomic mass is 16.5. The van der Waals surface area contributed by atoms with Gasteiger partial charge in [-0.25, -0.2) is 0 Å². The maximum atomic E-state index is 12.7. The Morgan fingerprint density at radius 2 is 1.77 bits per heavy atom. The van der Waals surface area contributed by atoms with Crippen LogP contribution in [0.15, 0.2) is 42.5 Å². The fourth-order valence-corrected chi connectivity index (χ4v) is 4.10. The zero-order chi connectivity index (χ0) is 18.3. The van der Waals surface area contributed by atoms with Gasteiger partial charge in [-0.05, 0) is 43.2 Å². The second kappa shape index (κ2) is 6.27. The number of benzene rings is 2. The first-order chi connectivity index (χ1) is 12.5. The number of likely N-dealkylation sites (tertiary alicyclic amines) is 1. The largest absolute Gasteiger partial charge is 0.486 e. The minimum absolute atomic E-state index is 0.0507. The van der Waals surface area contributed by atoms with Gasteiger partial charge in [0.1, 0.15) is 11.4 Å². The van der Waals surface area contributed by atoms with Crippen molar-refractivity contribution in [2.45, 2.75) is 38.7 Å². The molecule has 0 aliphatic carbocycles. The van der Waals surface area contributed by atoms with Gasteiger partial charge in [0, 0.05) is 31.5 Å². The lowest BCUT2D eigenvalue weighted by atomic mass is 9.81. The Labute approximate surface area is 153 Å². The summed E-state index contributed by atoms with van der Waals surface area (Å²) >= 11 is 0. The predicted molar refractivity (Wildman–Crippen MR) is 99.8 cm³/mol. The van der Waals surface area contributed by atoms with Gasteiger partial charge in [-0.15, -0.1) is 0 Å². The number of nitrogens with zero attached hydrogens (tertiary/aromatic N) is 1. The Hall–Kier alpha value is -2.62. The topological polar surface area (TPSA) is 46.6 Å². The third-order valence-corrected chi connectivity index (χ3v) is 5.50. The molecule has 4 heteroatoms. The second-order valence-corrected chi connectivity index (χ2v) is 7.50. The van der Waals surface area contributed by atoms with E-state index in [1.807, 2.05) is 55.1 Å². The van der Waals surface area contributed by atoms with Crippen LogP contribution in [0.3, 0.4) is 0 Å². The number of aryl methyl sites for hydroxylation is 2. The molecule has 2 aromatic rings. The van der Waals surface area contributed by atoms with E-state index in [9.17, 15) is 9.59 Å². The standard InChI is InChI=1S/C22H23NO3/c1-15-12-16(2)20-18(13-15)19(24)14-22(26-20)8-10-23(11-9-22)21(25)17-6-4-3-5-7-17/h3-7,12-13H,8-11,14H2,1-2H3. The third-order valence-electron chi connectivity index (χ3n) is 5.50. The smallest absolute Gasteiger partial charge is 0.253 e. The molecule has 134 valence electrons. The summed E-state index contributed by atoms with van der Waals surface area (Å²) in [6, 6.07) is 13.3. The maximum absolute atomic E-state index is 12.7. The Balaban J connectivity index is 1.52. The van der Waals surface area contributed by atoms with Gasteiger partial charge in [-0.3, -0.25) is 9.59 Å². The van der Waals surface area contributed by atoms with Crippen LogP contribution in [0.5, 0.6) is 5.75 Å². The molecule has 2 aliphatic heterocycles. The van der Waals surface area contributed by atoms with Crippen LogP contribution in [0.2, 0.25) is 0 Å². The fourth-order valence-electron chi connectivity index (χ4n) is 4.10. The number of hydrogen-bond acceptors (Lipinski definition) is 3. The Bertz CT molecular complexity index is 864. The summed E-state index contributed by atoms with van der Waals surface area (Å²) in [6.45, 7) is 5.22. The summed E-state index contributed by atoms with van der Waals surface area (Å²) in [7, 11) is 0. The second-order valence-electron chi connectivity index (χ2n) is 7.50. The summed E-state index contributed by atoms with van der Waals surface area (Å²) in [5, 5.41) is 0. The van der Waals surface area contributed by atoms with Crippen molar-refractivity contribution in [3.63, 3.8) is 0 Å². The van der Waals surface area contributed by atoms with Crippen molar-refractivity contribution >= 4 is 11.7 Å². The summed E-state index contributed by atoms with van der Waals surface area (Å²) in [5.74, 6) is 0.936. The number of amides is 1. The molecule has 2 aliphatic rings. The molecule has 2 heterocycles. The Morgan fingerprint density at radius 3 is 2.46 bits per heavy atom. The summed E-state index contributed by atoms with van der Waals surface area (Å²) in [4.78, 5) is 27.3. The zero-order valence-electron chi connectivity index (χ0n) is 15.2. The van der Waals surface area contributed by atoms with Gasteiger partial charge in [-0.1, -0.05) is 24.3 Å². The van der Waals surface area contributed by atoms with Gasteiger partial charge >= 0.3 is 0 Å². The van der Waals surface area contributed by atoms with Crippen LogP contribution in [0.25, 0.3) is 0 Å². The van der Waals surface area contributed by atoms with E-state index >= 15 is 0 Å². The molecule has 2 aromatic carbocycles. The summed E-state index contributed by atoms with van der Waals surface area (Å²) in [5.41, 5.74) is 3.03. The SMILES string of the molecule is Cc1cc(C)c2c(c1)C(=O)CC1(CCN(C(=O)c3ccccc3)CC1)O2. The van der Waals surface area contributed by atoms with Crippen molar-refractivity contribution in [1.29, 1.82) is 0 Å². The summed E-state index contributed by atoms with van der Waals surface area (Å²) < 4.78 is 6.39. The van der Waals surface area contributed by atoms with Gasteiger partial charge in [-0.2, -0.15) is 0 Å². The molecule has 26 heavy (non-hydrogen) atoms. The average molecular weight is 349 g/mol. The molecular formula is C22H23NO3. The minimum Gasteiger partial charge on any atom is -0.486 e. The van der Waals surface area contributed by atoms with Crippen molar-refractivity contribution in [2.24, 2.45) is 0 Å². The van der Waals surface area contributed by atoms with E-state index in [2.05, 4.69) is 6.07 Å². The number of ketones is 1. The van der Waals surface area contributed by atoms with Crippen LogP contribution in [0, 0.1) is 13.8 Å².